The number of fused-ring (bicyclic) bond motifs is 1. The summed E-state index contributed by atoms with van der Waals surface area (Å²) in [5.41, 5.74) is -0.363. The van der Waals surface area contributed by atoms with Gasteiger partial charge in [0.25, 0.3) is 5.69 Å². The second-order valence-corrected chi connectivity index (χ2v) is 6.35. The Morgan fingerprint density at radius 3 is 2.55 bits per heavy atom. The van der Waals surface area contributed by atoms with Crippen LogP contribution in [0.1, 0.15) is 31.1 Å². The molecule has 0 unspecified atom stereocenters. The lowest BCUT2D eigenvalue weighted by atomic mass is 10.2. The number of nitro benzene ring substituents is 1. The Kier molecular flexibility index (Phi) is 4.06. The molecule has 0 bridgehead atoms. The Labute approximate surface area is 134 Å². The molecule has 0 aliphatic rings. The largest absolute Gasteiger partial charge is 0.443 e. The van der Waals surface area contributed by atoms with Crippen LogP contribution in [0.25, 0.3) is 10.9 Å². The van der Waals surface area contributed by atoms with E-state index < -0.39 is 16.6 Å². The summed E-state index contributed by atoms with van der Waals surface area (Å²) < 4.78 is 6.67. The van der Waals surface area contributed by atoms with Gasteiger partial charge in [-0.05, 0) is 42.8 Å². The highest BCUT2D eigenvalue weighted by Gasteiger charge is 2.25. The molecule has 0 atom stereocenters. The Morgan fingerprint density at radius 2 is 2.05 bits per heavy atom. The van der Waals surface area contributed by atoms with E-state index in [-0.39, 0.29) is 15.9 Å². The summed E-state index contributed by atoms with van der Waals surface area (Å²) in [5.74, 6) is 0. The highest BCUT2D eigenvalue weighted by atomic mass is 79.9. The predicted molar refractivity (Wildman–Crippen MR) is 83.3 cm³/mol. The van der Waals surface area contributed by atoms with Gasteiger partial charge in [0.1, 0.15) is 10.2 Å². The zero-order valence-electron chi connectivity index (χ0n) is 12.1. The van der Waals surface area contributed by atoms with E-state index in [1.54, 1.807) is 20.8 Å². The fraction of sp³-hybridized carbons (Fsp3) is 0.286. The van der Waals surface area contributed by atoms with Gasteiger partial charge in [-0.25, -0.2) is 9.36 Å². The first-order valence-corrected chi connectivity index (χ1v) is 7.12. The molecule has 7 nitrogen and oxygen atoms in total. The summed E-state index contributed by atoms with van der Waals surface area (Å²) >= 11 is 3.19. The number of nitrogens with zero attached hydrogens (tertiary/aromatic N) is 2. The average Bonchev–Trinajstić information content (AvgIpc) is 2.66. The normalized spacial score (nSPS) is 11.5. The van der Waals surface area contributed by atoms with Crippen molar-refractivity contribution in [3.05, 3.63) is 38.5 Å². The van der Waals surface area contributed by atoms with Crippen LogP contribution in [0, 0.1) is 10.1 Å². The van der Waals surface area contributed by atoms with Gasteiger partial charge in [-0.3, -0.25) is 14.9 Å². The highest BCUT2D eigenvalue weighted by Crippen LogP contribution is 2.32. The molecule has 0 saturated carbocycles. The third kappa shape index (κ3) is 2.87. The van der Waals surface area contributed by atoms with E-state index >= 15 is 0 Å². The topological polar surface area (TPSA) is 91.4 Å². The lowest BCUT2D eigenvalue weighted by molar-refractivity contribution is -0.384. The molecule has 1 aromatic carbocycles. The van der Waals surface area contributed by atoms with Crippen molar-refractivity contribution in [2.75, 3.05) is 0 Å². The van der Waals surface area contributed by atoms with Crippen molar-refractivity contribution in [2.24, 2.45) is 0 Å². The number of nitro groups is 1. The number of benzene rings is 1. The van der Waals surface area contributed by atoms with E-state index in [0.717, 1.165) is 0 Å². The Bertz CT molecular complexity index is 789. The zero-order chi connectivity index (χ0) is 16.7. The Hall–Kier alpha value is -2.22. The fourth-order valence-electron chi connectivity index (χ4n) is 1.98. The molecule has 1 aromatic heterocycles. The summed E-state index contributed by atoms with van der Waals surface area (Å²) in [4.78, 5) is 33.9. The van der Waals surface area contributed by atoms with Crippen LogP contribution in [-0.2, 0) is 4.74 Å². The first-order valence-electron chi connectivity index (χ1n) is 6.32. The smallest absolute Gasteiger partial charge is 0.419 e. The lowest BCUT2D eigenvalue weighted by Crippen LogP contribution is -2.27. The molecule has 0 radical (unpaired) electrons. The quantitative estimate of drug-likeness (QED) is 0.455. The van der Waals surface area contributed by atoms with Crippen molar-refractivity contribution in [1.29, 1.82) is 0 Å². The second-order valence-electron chi connectivity index (χ2n) is 5.60. The van der Waals surface area contributed by atoms with Gasteiger partial charge in [0, 0.05) is 17.5 Å². The highest BCUT2D eigenvalue weighted by molar-refractivity contribution is 9.10. The van der Waals surface area contributed by atoms with Gasteiger partial charge in [-0.2, -0.15) is 0 Å². The number of hydrogen-bond acceptors (Lipinski definition) is 5. The number of carbonyl (C=O) groups excluding carboxylic acids is 2. The maximum absolute atomic E-state index is 12.3. The summed E-state index contributed by atoms with van der Waals surface area (Å²) in [7, 11) is 0. The number of hydrogen-bond donors (Lipinski definition) is 0. The Balaban J connectivity index is 2.70. The first-order chi connectivity index (χ1) is 10.2. The van der Waals surface area contributed by atoms with Crippen molar-refractivity contribution in [1.82, 2.24) is 4.57 Å². The SMILES string of the molecule is CC(C)(C)OC(=O)n1c(Br)c(C=O)c2cc([N+](=O)[O-])ccc21. The van der Waals surface area contributed by atoms with Crippen molar-refractivity contribution in [3.63, 3.8) is 0 Å². The van der Waals surface area contributed by atoms with Crippen LogP contribution in [0.5, 0.6) is 0 Å². The molecule has 0 fully saturated rings. The maximum Gasteiger partial charge on any atom is 0.419 e. The fourth-order valence-corrected chi connectivity index (χ4v) is 2.63. The minimum absolute atomic E-state index is 0.157. The molecule has 0 amide bonds. The maximum atomic E-state index is 12.3. The van der Waals surface area contributed by atoms with Gasteiger partial charge in [-0.15, -0.1) is 0 Å². The molecule has 0 aliphatic heterocycles. The van der Waals surface area contributed by atoms with Crippen LogP contribution in [0.2, 0.25) is 0 Å². The number of ether oxygens (including phenoxy) is 1. The van der Waals surface area contributed by atoms with Crippen LogP contribution >= 0.6 is 15.9 Å². The van der Waals surface area contributed by atoms with Gasteiger partial charge < -0.3 is 4.74 Å². The number of rotatable bonds is 2. The molecule has 0 saturated heterocycles. The molecular formula is C14H13BrN2O5. The van der Waals surface area contributed by atoms with Crippen molar-refractivity contribution >= 4 is 44.9 Å². The number of carbonyl (C=O) groups is 2. The van der Waals surface area contributed by atoms with Gasteiger partial charge in [0.15, 0.2) is 6.29 Å². The van der Waals surface area contributed by atoms with Crippen LogP contribution < -0.4 is 0 Å². The minimum atomic E-state index is -0.713. The second kappa shape index (κ2) is 5.53. The molecule has 1 heterocycles. The van der Waals surface area contributed by atoms with Gasteiger partial charge in [0.2, 0.25) is 0 Å². The predicted octanol–water partition coefficient (Wildman–Crippen LogP) is 3.91. The van der Waals surface area contributed by atoms with Crippen molar-refractivity contribution in [2.45, 2.75) is 26.4 Å². The number of aldehydes is 1. The molecule has 0 N–H and O–H groups in total. The number of halogens is 1. The molecule has 116 valence electrons. The van der Waals surface area contributed by atoms with Crippen LogP contribution in [0.4, 0.5) is 10.5 Å². The molecule has 2 aromatic rings. The first kappa shape index (κ1) is 16.2. The van der Waals surface area contributed by atoms with E-state index in [4.69, 9.17) is 4.74 Å². The van der Waals surface area contributed by atoms with E-state index in [9.17, 15) is 19.7 Å². The monoisotopic (exact) mass is 368 g/mol. The summed E-state index contributed by atoms with van der Waals surface area (Å²) in [6, 6.07) is 3.93. The van der Waals surface area contributed by atoms with Crippen LogP contribution in [-0.4, -0.2) is 27.5 Å². The standard InChI is InChI=1S/C14H13BrN2O5/c1-14(2,3)22-13(19)16-11-5-4-8(17(20)21)6-9(11)10(7-18)12(16)15/h4-7H,1-3H3. The number of non-ortho nitro benzene ring substituents is 1. The average molecular weight is 369 g/mol. The van der Waals surface area contributed by atoms with E-state index in [0.29, 0.717) is 17.2 Å². The van der Waals surface area contributed by atoms with E-state index in [1.165, 1.54) is 22.8 Å². The van der Waals surface area contributed by atoms with Crippen molar-refractivity contribution in [3.8, 4) is 0 Å². The summed E-state index contributed by atoms with van der Waals surface area (Å²) in [6.07, 6.45) is -0.136. The van der Waals surface area contributed by atoms with Gasteiger partial charge in [-0.1, -0.05) is 0 Å². The van der Waals surface area contributed by atoms with Crippen LogP contribution in [0.15, 0.2) is 22.8 Å². The van der Waals surface area contributed by atoms with Gasteiger partial charge >= 0.3 is 6.09 Å². The summed E-state index contributed by atoms with van der Waals surface area (Å²) in [5, 5.41) is 11.2. The Morgan fingerprint density at radius 1 is 1.41 bits per heavy atom. The number of aromatic nitrogens is 1. The third-order valence-corrected chi connectivity index (χ3v) is 3.62. The molecule has 22 heavy (non-hydrogen) atoms. The molecule has 8 heteroatoms. The molecular weight excluding hydrogens is 356 g/mol. The molecule has 0 spiro atoms. The third-order valence-electron chi connectivity index (χ3n) is 2.83. The minimum Gasteiger partial charge on any atom is -0.443 e. The van der Waals surface area contributed by atoms with E-state index in [1.807, 2.05) is 0 Å². The lowest BCUT2D eigenvalue weighted by Gasteiger charge is -2.20. The zero-order valence-corrected chi connectivity index (χ0v) is 13.7. The van der Waals surface area contributed by atoms with Gasteiger partial charge in [0.05, 0.1) is 16.0 Å². The van der Waals surface area contributed by atoms with Crippen LogP contribution in [0.3, 0.4) is 0 Å². The van der Waals surface area contributed by atoms with Crippen molar-refractivity contribution < 1.29 is 19.2 Å². The molecule has 0 aliphatic carbocycles. The summed E-state index contributed by atoms with van der Waals surface area (Å²) in [6.45, 7) is 5.15. The molecule has 2 rings (SSSR count). The van der Waals surface area contributed by atoms with E-state index in [2.05, 4.69) is 15.9 Å².